The van der Waals surface area contributed by atoms with Gasteiger partial charge in [-0.2, -0.15) is 0 Å². The lowest BCUT2D eigenvalue weighted by Crippen LogP contribution is -2.33. The molecule has 4 heteroatoms. The van der Waals surface area contributed by atoms with Crippen LogP contribution in [0.25, 0.3) is 0 Å². The van der Waals surface area contributed by atoms with Crippen LogP contribution in [0, 0.1) is 5.92 Å². The van der Waals surface area contributed by atoms with Gasteiger partial charge in [-0.25, -0.2) is 4.79 Å². The maximum atomic E-state index is 11.3. The number of alkyl carbamates (subject to hydrolysis) is 1. The molecule has 0 rings (SSSR count). The molecule has 4 nitrogen and oxygen atoms in total. The molecule has 0 bridgehead atoms. The molecule has 96 valence electrons. The van der Waals surface area contributed by atoms with E-state index in [2.05, 4.69) is 12.2 Å². The van der Waals surface area contributed by atoms with Gasteiger partial charge in [0, 0.05) is 13.2 Å². The van der Waals surface area contributed by atoms with E-state index in [0.29, 0.717) is 12.5 Å². The Kier molecular flexibility index (Phi) is 7.13. The molecule has 0 aliphatic carbocycles. The Morgan fingerprint density at radius 3 is 2.50 bits per heavy atom. The second-order valence-electron chi connectivity index (χ2n) is 5.03. The number of carbonyl (C=O) groups excluding carboxylic acids is 1. The zero-order chi connectivity index (χ0) is 12.6. The summed E-state index contributed by atoms with van der Waals surface area (Å²) in [6.45, 7) is 8.40. The van der Waals surface area contributed by atoms with E-state index in [1.54, 1.807) is 0 Å². The fraction of sp³-hybridized carbons (Fsp3) is 0.917. The summed E-state index contributed by atoms with van der Waals surface area (Å²) in [5.41, 5.74) is -0.443. The Bertz CT molecular complexity index is 195. The fourth-order valence-electron chi connectivity index (χ4n) is 1.32. The van der Waals surface area contributed by atoms with Crippen LogP contribution in [0.15, 0.2) is 0 Å². The van der Waals surface area contributed by atoms with Crippen LogP contribution in [-0.4, -0.2) is 30.0 Å². The predicted molar refractivity (Wildman–Crippen MR) is 64.3 cm³/mol. The molecule has 0 fully saturated rings. The summed E-state index contributed by atoms with van der Waals surface area (Å²) in [5, 5.41) is 11.7. The Morgan fingerprint density at radius 1 is 1.44 bits per heavy atom. The highest BCUT2D eigenvalue weighted by Gasteiger charge is 2.15. The highest BCUT2D eigenvalue weighted by Crippen LogP contribution is 2.09. The van der Waals surface area contributed by atoms with E-state index in [4.69, 9.17) is 9.84 Å². The molecule has 16 heavy (non-hydrogen) atoms. The largest absolute Gasteiger partial charge is 0.444 e. The Hall–Kier alpha value is -0.770. The quantitative estimate of drug-likeness (QED) is 0.690. The van der Waals surface area contributed by atoms with E-state index in [9.17, 15) is 4.79 Å². The van der Waals surface area contributed by atoms with Gasteiger partial charge in [0.25, 0.3) is 0 Å². The van der Waals surface area contributed by atoms with Crippen molar-refractivity contribution in [3.05, 3.63) is 0 Å². The van der Waals surface area contributed by atoms with Crippen molar-refractivity contribution in [2.24, 2.45) is 5.92 Å². The Labute approximate surface area is 98.4 Å². The van der Waals surface area contributed by atoms with Crippen molar-refractivity contribution in [3.8, 4) is 0 Å². The number of carbonyl (C=O) groups is 1. The molecule has 1 atom stereocenters. The standard InChI is InChI=1S/C12H25NO3/c1-5-10(9-14)7-6-8-13-11(15)16-12(2,3)4/h10,14H,5-9H2,1-4H3,(H,13,15)/t10-/m0/s1. The highest BCUT2D eigenvalue weighted by atomic mass is 16.6. The van der Waals surface area contributed by atoms with Crippen LogP contribution in [0.3, 0.4) is 0 Å². The van der Waals surface area contributed by atoms with Gasteiger partial charge < -0.3 is 15.2 Å². The van der Waals surface area contributed by atoms with Crippen molar-refractivity contribution in [2.75, 3.05) is 13.2 Å². The zero-order valence-electron chi connectivity index (χ0n) is 10.9. The first-order valence-corrected chi connectivity index (χ1v) is 5.96. The normalized spacial score (nSPS) is 13.3. The topological polar surface area (TPSA) is 58.6 Å². The predicted octanol–water partition coefficient (Wildman–Crippen LogP) is 2.31. The van der Waals surface area contributed by atoms with Gasteiger partial charge in [0.15, 0.2) is 0 Å². The summed E-state index contributed by atoms with van der Waals surface area (Å²) in [5.74, 6) is 0.348. The minimum atomic E-state index is -0.443. The van der Waals surface area contributed by atoms with Gasteiger partial charge in [0.2, 0.25) is 0 Å². The van der Waals surface area contributed by atoms with Crippen molar-refractivity contribution in [2.45, 2.75) is 52.6 Å². The Morgan fingerprint density at radius 2 is 2.06 bits per heavy atom. The van der Waals surface area contributed by atoms with Crippen LogP contribution in [-0.2, 0) is 4.74 Å². The minimum Gasteiger partial charge on any atom is -0.444 e. The molecule has 0 saturated heterocycles. The molecule has 0 aromatic rings. The third-order valence-corrected chi connectivity index (χ3v) is 2.29. The molecule has 0 aliphatic heterocycles. The number of nitrogens with one attached hydrogen (secondary N) is 1. The van der Waals surface area contributed by atoms with Crippen molar-refractivity contribution in [1.82, 2.24) is 5.32 Å². The molecular weight excluding hydrogens is 206 g/mol. The van der Waals surface area contributed by atoms with Gasteiger partial charge >= 0.3 is 6.09 Å². The maximum absolute atomic E-state index is 11.3. The highest BCUT2D eigenvalue weighted by molar-refractivity contribution is 5.67. The van der Waals surface area contributed by atoms with Gasteiger partial charge in [-0.15, -0.1) is 0 Å². The summed E-state index contributed by atoms with van der Waals surface area (Å²) in [4.78, 5) is 11.3. The minimum absolute atomic E-state index is 0.225. The van der Waals surface area contributed by atoms with E-state index in [1.165, 1.54) is 0 Å². The monoisotopic (exact) mass is 231 g/mol. The molecule has 0 aromatic heterocycles. The molecule has 0 heterocycles. The smallest absolute Gasteiger partial charge is 0.407 e. The number of hydrogen-bond acceptors (Lipinski definition) is 3. The second-order valence-corrected chi connectivity index (χ2v) is 5.03. The van der Waals surface area contributed by atoms with Crippen molar-refractivity contribution in [1.29, 1.82) is 0 Å². The molecule has 0 saturated carbocycles. The van der Waals surface area contributed by atoms with Crippen molar-refractivity contribution < 1.29 is 14.6 Å². The number of rotatable bonds is 6. The molecule has 2 N–H and O–H groups in total. The van der Waals surface area contributed by atoms with Crippen LogP contribution in [0.1, 0.15) is 47.0 Å². The summed E-state index contributed by atoms with van der Waals surface area (Å²) in [7, 11) is 0. The van der Waals surface area contributed by atoms with Crippen molar-refractivity contribution >= 4 is 6.09 Å². The van der Waals surface area contributed by atoms with Crippen LogP contribution in [0.4, 0.5) is 4.79 Å². The molecule has 0 unspecified atom stereocenters. The number of aliphatic hydroxyl groups excluding tert-OH is 1. The number of hydrogen-bond donors (Lipinski definition) is 2. The SMILES string of the molecule is CC[C@H](CO)CCCNC(=O)OC(C)(C)C. The summed E-state index contributed by atoms with van der Waals surface area (Å²) < 4.78 is 5.10. The van der Waals surface area contributed by atoms with Gasteiger partial charge in [-0.1, -0.05) is 13.3 Å². The average molecular weight is 231 g/mol. The Balaban J connectivity index is 3.55. The summed E-state index contributed by atoms with van der Waals surface area (Å²) >= 11 is 0. The molecular formula is C12H25NO3. The number of amides is 1. The lowest BCUT2D eigenvalue weighted by atomic mass is 10.0. The van der Waals surface area contributed by atoms with Crippen LogP contribution >= 0.6 is 0 Å². The lowest BCUT2D eigenvalue weighted by molar-refractivity contribution is 0.0526. The van der Waals surface area contributed by atoms with Crippen molar-refractivity contribution in [3.63, 3.8) is 0 Å². The zero-order valence-corrected chi connectivity index (χ0v) is 10.9. The third kappa shape index (κ3) is 8.53. The van der Waals surface area contributed by atoms with Crippen LogP contribution < -0.4 is 5.32 Å². The van der Waals surface area contributed by atoms with Gasteiger partial charge in [0.05, 0.1) is 0 Å². The maximum Gasteiger partial charge on any atom is 0.407 e. The first-order chi connectivity index (χ1) is 7.39. The van der Waals surface area contributed by atoms with Gasteiger partial charge in [0.1, 0.15) is 5.60 Å². The van der Waals surface area contributed by atoms with E-state index in [-0.39, 0.29) is 12.7 Å². The van der Waals surface area contributed by atoms with Gasteiger partial charge in [-0.3, -0.25) is 0 Å². The second kappa shape index (κ2) is 7.49. The van der Waals surface area contributed by atoms with E-state index in [0.717, 1.165) is 19.3 Å². The first-order valence-electron chi connectivity index (χ1n) is 5.96. The molecule has 1 amide bonds. The average Bonchev–Trinajstić information content (AvgIpc) is 2.15. The third-order valence-electron chi connectivity index (χ3n) is 2.29. The number of ether oxygens (including phenoxy) is 1. The number of aliphatic hydroxyl groups is 1. The summed E-state index contributed by atoms with van der Waals surface area (Å²) in [6.07, 6.45) is 2.41. The lowest BCUT2D eigenvalue weighted by Gasteiger charge is -2.19. The van der Waals surface area contributed by atoms with Crippen LogP contribution in [0.2, 0.25) is 0 Å². The molecule has 0 spiro atoms. The molecule has 0 aromatic carbocycles. The van der Waals surface area contributed by atoms with E-state index >= 15 is 0 Å². The fourth-order valence-corrected chi connectivity index (χ4v) is 1.32. The van der Waals surface area contributed by atoms with E-state index in [1.807, 2.05) is 20.8 Å². The summed E-state index contributed by atoms with van der Waals surface area (Å²) in [6, 6.07) is 0. The first kappa shape index (κ1) is 15.2. The van der Waals surface area contributed by atoms with Crippen LogP contribution in [0.5, 0.6) is 0 Å². The van der Waals surface area contributed by atoms with Gasteiger partial charge in [-0.05, 0) is 39.5 Å². The molecule has 0 radical (unpaired) electrons. The van der Waals surface area contributed by atoms with E-state index < -0.39 is 5.60 Å². The molecule has 0 aliphatic rings.